The van der Waals surface area contributed by atoms with Gasteiger partial charge in [-0.25, -0.2) is 0 Å². The van der Waals surface area contributed by atoms with Crippen LogP contribution in [0.1, 0.15) is 43.9 Å². The summed E-state index contributed by atoms with van der Waals surface area (Å²) in [5, 5.41) is 8.84. The Morgan fingerprint density at radius 3 is 3.04 bits per heavy atom. The molecule has 2 atom stereocenters. The van der Waals surface area contributed by atoms with Gasteiger partial charge in [0.1, 0.15) is 0 Å². The maximum Gasteiger partial charge on any atom is 0.221 e. The number of nitrogens with one attached hydrogen (secondary N) is 2. The normalized spacial score (nSPS) is 19.9. The molecule has 26 heavy (non-hydrogen) atoms. The van der Waals surface area contributed by atoms with E-state index in [-0.39, 0.29) is 11.8 Å². The average Bonchev–Trinajstić information content (AvgIpc) is 3.18. The Balaban J connectivity index is 1.70. The van der Waals surface area contributed by atoms with Gasteiger partial charge in [-0.1, -0.05) is 13.0 Å². The average molecular weight is 380 g/mol. The first kappa shape index (κ1) is 20.7. The lowest BCUT2D eigenvalue weighted by Gasteiger charge is -2.31. The zero-order valence-corrected chi connectivity index (χ0v) is 16.9. The third-order valence-corrected chi connectivity index (χ3v) is 5.85. The first-order valence-corrected chi connectivity index (χ1v) is 10.5. The number of likely N-dealkylation sites (tertiary alicyclic amines) is 1. The quantitative estimate of drug-likeness (QED) is 0.348. The summed E-state index contributed by atoms with van der Waals surface area (Å²) in [5.41, 5.74) is 5.45. The number of hydrogen-bond donors (Lipinski definition) is 3. The highest BCUT2D eigenvalue weighted by Gasteiger charge is 2.23. The molecule has 1 amide bonds. The smallest absolute Gasteiger partial charge is 0.221 e. The number of hydrogen-bond acceptors (Lipinski definition) is 4. The molecule has 0 aliphatic carbocycles. The van der Waals surface area contributed by atoms with Crippen LogP contribution in [0.5, 0.6) is 0 Å². The minimum absolute atomic E-state index is 0.0225. The number of carbonyl (C=O) groups excluding carboxylic acids is 1. The Kier molecular flexibility index (Phi) is 8.91. The van der Waals surface area contributed by atoms with Gasteiger partial charge in [-0.2, -0.15) is 0 Å². The van der Waals surface area contributed by atoms with Crippen LogP contribution in [0.25, 0.3) is 0 Å². The Morgan fingerprint density at radius 2 is 2.35 bits per heavy atom. The molecule has 6 nitrogen and oxygen atoms in total. The van der Waals surface area contributed by atoms with Crippen molar-refractivity contribution < 1.29 is 4.79 Å². The molecule has 0 radical (unpaired) electrons. The Hall–Kier alpha value is -1.60. The van der Waals surface area contributed by atoms with Crippen LogP contribution in [0.3, 0.4) is 0 Å². The van der Waals surface area contributed by atoms with Crippen molar-refractivity contribution in [2.45, 2.75) is 39.0 Å². The highest BCUT2D eigenvalue weighted by molar-refractivity contribution is 7.10. The van der Waals surface area contributed by atoms with E-state index in [9.17, 15) is 4.79 Å². The van der Waals surface area contributed by atoms with Crippen molar-refractivity contribution >= 4 is 23.2 Å². The SMILES string of the molecule is CCNC(=NCC(C)c1cccs1)NCCCN1CCCC(C(N)=O)C1. The minimum Gasteiger partial charge on any atom is -0.369 e. The van der Waals surface area contributed by atoms with E-state index in [1.54, 1.807) is 11.3 Å². The van der Waals surface area contributed by atoms with Gasteiger partial charge in [0, 0.05) is 30.4 Å². The topological polar surface area (TPSA) is 82.8 Å². The summed E-state index contributed by atoms with van der Waals surface area (Å²) in [6.45, 7) is 9.66. The van der Waals surface area contributed by atoms with E-state index in [1.165, 1.54) is 4.88 Å². The molecule has 146 valence electrons. The summed E-state index contributed by atoms with van der Waals surface area (Å²) in [7, 11) is 0. The van der Waals surface area contributed by atoms with Gasteiger partial charge in [0.15, 0.2) is 5.96 Å². The number of amides is 1. The molecule has 7 heteroatoms. The van der Waals surface area contributed by atoms with Gasteiger partial charge < -0.3 is 21.3 Å². The van der Waals surface area contributed by atoms with E-state index >= 15 is 0 Å². The molecular formula is C19H33N5OS. The Labute approximate surface area is 161 Å². The second-order valence-corrected chi connectivity index (χ2v) is 7.94. The number of aliphatic imine (C=N–C) groups is 1. The fraction of sp³-hybridized carbons (Fsp3) is 0.684. The zero-order chi connectivity index (χ0) is 18.8. The molecule has 0 spiro atoms. The summed E-state index contributed by atoms with van der Waals surface area (Å²) >= 11 is 1.79. The lowest BCUT2D eigenvalue weighted by atomic mass is 9.97. The molecule has 0 bridgehead atoms. The van der Waals surface area contributed by atoms with Crippen molar-refractivity contribution in [1.82, 2.24) is 15.5 Å². The summed E-state index contributed by atoms with van der Waals surface area (Å²) in [6, 6.07) is 4.26. The maximum atomic E-state index is 11.4. The van der Waals surface area contributed by atoms with Crippen LogP contribution in [0, 0.1) is 5.92 Å². The predicted octanol–water partition coefficient (Wildman–Crippen LogP) is 1.99. The van der Waals surface area contributed by atoms with Gasteiger partial charge in [0.2, 0.25) is 5.91 Å². The Morgan fingerprint density at radius 1 is 1.50 bits per heavy atom. The summed E-state index contributed by atoms with van der Waals surface area (Å²) in [4.78, 5) is 19.8. The lowest BCUT2D eigenvalue weighted by Crippen LogP contribution is -2.43. The summed E-state index contributed by atoms with van der Waals surface area (Å²) in [5.74, 6) is 1.18. The second-order valence-electron chi connectivity index (χ2n) is 6.96. The largest absolute Gasteiger partial charge is 0.369 e. The maximum absolute atomic E-state index is 11.4. The molecular weight excluding hydrogens is 346 g/mol. The first-order valence-electron chi connectivity index (χ1n) is 9.67. The van der Waals surface area contributed by atoms with Gasteiger partial charge in [0.05, 0.1) is 12.5 Å². The Bertz CT molecular complexity index is 560. The van der Waals surface area contributed by atoms with Gasteiger partial charge in [-0.15, -0.1) is 11.3 Å². The van der Waals surface area contributed by atoms with Crippen LogP contribution in [0.15, 0.2) is 22.5 Å². The van der Waals surface area contributed by atoms with Crippen LogP contribution in [-0.2, 0) is 4.79 Å². The number of thiophene rings is 1. The number of primary amides is 1. The van der Waals surface area contributed by atoms with Gasteiger partial charge in [0.25, 0.3) is 0 Å². The van der Waals surface area contributed by atoms with Crippen LogP contribution in [-0.4, -0.2) is 56.0 Å². The number of nitrogens with two attached hydrogens (primary N) is 1. The molecule has 0 aromatic carbocycles. The van der Waals surface area contributed by atoms with E-state index in [2.05, 4.69) is 46.9 Å². The fourth-order valence-corrected chi connectivity index (χ4v) is 4.01. The molecule has 2 rings (SSSR count). The molecule has 4 N–H and O–H groups in total. The van der Waals surface area contributed by atoms with Crippen molar-refractivity contribution in [3.05, 3.63) is 22.4 Å². The number of guanidine groups is 1. The van der Waals surface area contributed by atoms with Crippen LogP contribution in [0.4, 0.5) is 0 Å². The molecule has 1 aromatic rings. The molecule has 1 saturated heterocycles. The van der Waals surface area contributed by atoms with Crippen molar-refractivity contribution in [1.29, 1.82) is 0 Å². The van der Waals surface area contributed by atoms with Crippen LogP contribution in [0.2, 0.25) is 0 Å². The van der Waals surface area contributed by atoms with E-state index in [0.717, 1.165) is 64.5 Å². The second kappa shape index (κ2) is 11.2. The number of carbonyl (C=O) groups is 1. The van der Waals surface area contributed by atoms with Gasteiger partial charge in [-0.05, 0) is 50.7 Å². The van der Waals surface area contributed by atoms with Crippen LogP contribution >= 0.6 is 11.3 Å². The van der Waals surface area contributed by atoms with E-state index in [4.69, 9.17) is 10.7 Å². The van der Waals surface area contributed by atoms with E-state index < -0.39 is 0 Å². The minimum atomic E-state index is -0.158. The van der Waals surface area contributed by atoms with Gasteiger partial charge in [-0.3, -0.25) is 9.79 Å². The van der Waals surface area contributed by atoms with Crippen molar-refractivity contribution in [3.8, 4) is 0 Å². The third kappa shape index (κ3) is 6.96. The predicted molar refractivity (Wildman–Crippen MR) is 110 cm³/mol. The third-order valence-electron chi connectivity index (χ3n) is 4.75. The molecule has 1 aliphatic heterocycles. The fourth-order valence-electron chi connectivity index (χ4n) is 3.23. The lowest BCUT2D eigenvalue weighted by molar-refractivity contribution is -0.123. The van der Waals surface area contributed by atoms with Crippen molar-refractivity contribution in [2.24, 2.45) is 16.6 Å². The highest BCUT2D eigenvalue weighted by atomic mass is 32.1. The number of nitrogens with zero attached hydrogens (tertiary/aromatic N) is 2. The molecule has 0 saturated carbocycles. The molecule has 1 aromatic heterocycles. The highest BCUT2D eigenvalue weighted by Crippen LogP contribution is 2.20. The van der Waals surface area contributed by atoms with Crippen LogP contribution < -0.4 is 16.4 Å². The first-order chi connectivity index (χ1) is 12.6. The number of piperidine rings is 1. The molecule has 1 fully saturated rings. The van der Waals surface area contributed by atoms with E-state index in [0.29, 0.717) is 5.92 Å². The number of rotatable bonds is 9. The molecule has 2 unspecified atom stereocenters. The van der Waals surface area contributed by atoms with Crippen molar-refractivity contribution in [3.63, 3.8) is 0 Å². The summed E-state index contributed by atoms with van der Waals surface area (Å²) < 4.78 is 0. The zero-order valence-electron chi connectivity index (χ0n) is 16.0. The van der Waals surface area contributed by atoms with Gasteiger partial charge >= 0.3 is 0 Å². The standard InChI is InChI=1S/C19H33N5OS/c1-3-21-19(23-13-15(2)17-8-5-12-26-17)22-9-6-11-24-10-4-7-16(14-24)18(20)25/h5,8,12,15-16H,3-4,6-7,9-11,13-14H2,1-2H3,(H2,20,25)(H2,21,22,23). The molecule has 1 aliphatic rings. The van der Waals surface area contributed by atoms with Crippen molar-refractivity contribution in [2.75, 3.05) is 39.3 Å². The molecule has 2 heterocycles. The summed E-state index contributed by atoms with van der Waals surface area (Å²) in [6.07, 6.45) is 3.02. The monoisotopic (exact) mass is 379 g/mol. The van der Waals surface area contributed by atoms with E-state index in [1.807, 2.05) is 0 Å².